The monoisotopic (exact) mass is 509 g/mol. The Morgan fingerprint density at radius 3 is 1.13 bits per heavy atom. The maximum absolute atomic E-state index is 14.6. The van der Waals surface area contributed by atoms with Crippen LogP contribution >= 0.6 is 0 Å². The van der Waals surface area contributed by atoms with Gasteiger partial charge in [-0.15, -0.1) is 4.72 Å². The summed E-state index contributed by atoms with van der Waals surface area (Å²) in [5, 5.41) is -13.8. The predicted molar refractivity (Wildman–Crippen MR) is 94.3 cm³/mol. The highest BCUT2D eigenvalue weighted by atomic mass is 32.2. The van der Waals surface area contributed by atoms with Gasteiger partial charge >= 0.3 is 16.8 Å². The average Bonchev–Trinajstić information content (AvgIpc) is 2.47. The summed E-state index contributed by atoms with van der Waals surface area (Å²) >= 11 is 0. The zero-order chi connectivity index (χ0) is 25.9. The van der Waals surface area contributed by atoms with E-state index in [-0.39, 0.29) is 6.92 Å². The van der Waals surface area contributed by atoms with E-state index >= 15 is 0 Å². The number of sulfonamides is 1. The van der Waals surface area contributed by atoms with E-state index in [1.54, 1.807) is 0 Å². The highest BCUT2D eigenvalue weighted by Gasteiger charge is 2.79. The third kappa shape index (κ3) is 4.89. The van der Waals surface area contributed by atoms with Gasteiger partial charge < -0.3 is 0 Å². The molecule has 0 saturated carbocycles. The van der Waals surface area contributed by atoms with Crippen LogP contribution in [0.4, 0.5) is 30.7 Å². The van der Waals surface area contributed by atoms with E-state index in [0.29, 0.717) is 0 Å². The Balaban J connectivity index is 7.26. The summed E-state index contributed by atoms with van der Waals surface area (Å²) < 4.78 is 138. The molecule has 0 aromatic heterocycles. The summed E-state index contributed by atoms with van der Waals surface area (Å²) in [6.45, 7) is 5.91. The fraction of sp³-hybridized carbons (Fsp3) is 0.867. The van der Waals surface area contributed by atoms with Crippen molar-refractivity contribution in [1.29, 1.82) is 0 Å². The van der Waals surface area contributed by atoms with Gasteiger partial charge in [-0.1, -0.05) is 41.5 Å². The minimum absolute atomic E-state index is 0.0945. The number of nitrogens with one attached hydrogen (secondary N) is 1. The van der Waals surface area contributed by atoms with Gasteiger partial charge in [-0.2, -0.15) is 30.7 Å². The quantitative estimate of drug-likeness (QED) is 0.321. The van der Waals surface area contributed by atoms with Gasteiger partial charge in [-0.3, -0.25) is 9.59 Å². The number of halogens is 7. The number of hydrogen-bond donors (Lipinski definition) is 1. The predicted octanol–water partition coefficient (Wildman–Crippen LogP) is 3.02. The van der Waals surface area contributed by atoms with Gasteiger partial charge in [-0.05, 0) is 6.92 Å². The van der Waals surface area contributed by atoms with Crippen LogP contribution in [-0.4, -0.2) is 50.0 Å². The maximum Gasteiger partial charge on any atom is 0.470 e. The lowest BCUT2D eigenvalue weighted by Crippen LogP contribution is -2.67. The molecule has 0 bridgehead atoms. The molecule has 0 aromatic rings. The molecule has 0 atom stereocenters. The molecule has 0 aliphatic carbocycles. The molecule has 0 unspecified atom stereocenters. The number of Topliss-reactive ketones (excluding diaryl/α,β-unsaturated/α-hetero) is 2. The Bertz CT molecular complexity index is 929. The van der Waals surface area contributed by atoms with Crippen molar-refractivity contribution in [3.63, 3.8) is 0 Å². The van der Waals surface area contributed by atoms with Crippen molar-refractivity contribution < 1.29 is 57.2 Å². The zero-order valence-electron chi connectivity index (χ0n) is 17.4. The first-order valence-electron chi connectivity index (χ1n) is 8.21. The summed E-state index contributed by atoms with van der Waals surface area (Å²) in [6.07, 6.45) is -6.16. The average molecular weight is 509 g/mol. The molecule has 0 aromatic carbocycles. The zero-order valence-corrected chi connectivity index (χ0v) is 19.0. The summed E-state index contributed by atoms with van der Waals surface area (Å²) in [5.74, 6) is -3.59. The fourth-order valence-electron chi connectivity index (χ4n) is 2.56. The van der Waals surface area contributed by atoms with E-state index in [1.165, 1.54) is 0 Å². The van der Waals surface area contributed by atoms with E-state index in [2.05, 4.69) is 0 Å². The van der Waals surface area contributed by atoms with E-state index in [0.717, 1.165) is 41.5 Å². The van der Waals surface area contributed by atoms with Crippen molar-refractivity contribution in [2.75, 3.05) is 0 Å². The Morgan fingerprint density at radius 1 is 0.613 bits per heavy atom. The largest absolute Gasteiger partial charge is 0.470 e. The van der Waals surface area contributed by atoms with Crippen molar-refractivity contribution >= 4 is 31.4 Å². The lowest BCUT2D eigenvalue weighted by atomic mass is 9.75. The van der Waals surface area contributed by atoms with E-state index in [4.69, 9.17) is 0 Å². The van der Waals surface area contributed by atoms with Crippen LogP contribution in [0.5, 0.6) is 0 Å². The summed E-state index contributed by atoms with van der Waals surface area (Å²) in [4.78, 5) is 25.5. The normalized spacial score (nSPS) is 15.7. The van der Waals surface area contributed by atoms with Gasteiger partial charge in [0.1, 0.15) is 0 Å². The molecule has 0 radical (unpaired) electrons. The van der Waals surface area contributed by atoms with Gasteiger partial charge in [0.05, 0.1) is 0 Å². The second-order valence-corrected chi connectivity index (χ2v) is 12.9. The number of carbonyl (C=O) groups excluding carboxylic acids is 2. The van der Waals surface area contributed by atoms with Crippen molar-refractivity contribution in [2.24, 2.45) is 10.8 Å². The fourth-order valence-corrected chi connectivity index (χ4v) is 5.89. The maximum atomic E-state index is 14.6. The van der Waals surface area contributed by atoms with Gasteiger partial charge in [0, 0.05) is 10.8 Å². The molecule has 16 heteroatoms. The van der Waals surface area contributed by atoms with Crippen LogP contribution in [0.2, 0.25) is 0 Å². The first-order chi connectivity index (χ1) is 13.0. The summed E-state index contributed by atoms with van der Waals surface area (Å²) in [7, 11) is -14.5. The number of carbonyl (C=O) groups is 2. The van der Waals surface area contributed by atoms with E-state index in [1.807, 2.05) is 0 Å². The minimum Gasteiger partial charge on any atom is -0.297 e. The standard InChI is InChI=1S/C15H22F7NO6S2/c1-10(2,3)8(24)12(7,9(25)11(4,5)6)30(26,27)13(16,17)14(18,19)31(28,29)23-15(20,21)22/h23H,1-7H3. The highest BCUT2D eigenvalue weighted by Crippen LogP contribution is 2.50. The number of sulfone groups is 1. The van der Waals surface area contributed by atoms with Crippen LogP contribution < -0.4 is 4.72 Å². The van der Waals surface area contributed by atoms with Crippen molar-refractivity contribution in [3.05, 3.63) is 0 Å². The molecule has 0 spiro atoms. The molecule has 0 aliphatic rings. The van der Waals surface area contributed by atoms with E-state index < -0.39 is 68.5 Å². The lowest BCUT2D eigenvalue weighted by molar-refractivity contribution is -0.147. The molecule has 0 fully saturated rings. The molecule has 1 N–H and O–H groups in total. The number of alkyl halides is 7. The number of hydrogen-bond acceptors (Lipinski definition) is 6. The van der Waals surface area contributed by atoms with Crippen LogP contribution in [0, 0.1) is 10.8 Å². The van der Waals surface area contributed by atoms with E-state index in [9.17, 15) is 57.2 Å². The SMILES string of the molecule is CC(C)(C)C(=O)C(C)(C(=O)C(C)(C)C)S(=O)(=O)C(F)(F)C(F)(F)S(=O)(=O)NC(F)(F)F. The molecule has 31 heavy (non-hydrogen) atoms. The Hall–Kier alpha value is -1.29. The second kappa shape index (κ2) is 7.64. The second-order valence-electron chi connectivity index (χ2n) is 8.83. The van der Waals surface area contributed by atoms with Crippen LogP contribution in [0.15, 0.2) is 0 Å². The molecule has 0 rings (SSSR count). The molecule has 0 amide bonds. The smallest absolute Gasteiger partial charge is 0.297 e. The van der Waals surface area contributed by atoms with Gasteiger partial charge in [0.25, 0.3) is 10.0 Å². The topological polar surface area (TPSA) is 114 Å². The van der Waals surface area contributed by atoms with Crippen LogP contribution in [0.3, 0.4) is 0 Å². The molecule has 7 nitrogen and oxygen atoms in total. The molecule has 0 heterocycles. The van der Waals surface area contributed by atoms with Gasteiger partial charge in [-0.25, -0.2) is 16.8 Å². The molecular weight excluding hydrogens is 487 g/mol. The Kier molecular flexibility index (Phi) is 7.32. The Morgan fingerprint density at radius 2 is 0.903 bits per heavy atom. The Labute approximate surface area is 174 Å². The molecule has 0 aliphatic heterocycles. The summed E-state index contributed by atoms with van der Waals surface area (Å²) in [5.41, 5.74) is -3.81. The van der Waals surface area contributed by atoms with Gasteiger partial charge in [0.2, 0.25) is 9.84 Å². The molecular formula is C15H22F7NO6S2. The van der Waals surface area contributed by atoms with Crippen molar-refractivity contribution in [1.82, 2.24) is 4.72 Å². The number of rotatable bonds is 7. The van der Waals surface area contributed by atoms with Crippen molar-refractivity contribution in [3.8, 4) is 0 Å². The highest BCUT2D eigenvalue weighted by molar-refractivity contribution is 7.97. The third-order valence-electron chi connectivity index (χ3n) is 4.03. The van der Waals surface area contributed by atoms with Gasteiger partial charge in [0.15, 0.2) is 16.3 Å². The minimum atomic E-state index is -7.40. The van der Waals surface area contributed by atoms with Crippen LogP contribution in [-0.2, 0) is 29.4 Å². The summed E-state index contributed by atoms with van der Waals surface area (Å²) in [6, 6.07) is 0. The molecule has 0 saturated heterocycles. The lowest BCUT2D eigenvalue weighted by Gasteiger charge is -2.39. The third-order valence-corrected chi connectivity index (χ3v) is 7.97. The first kappa shape index (κ1) is 29.7. The number of ketones is 2. The molecule has 184 valence electrons. The van der Waals surface area contributed by atoms with Crippen LogP contribution in [0.1, 0.15) is 48.5 Å². The van der Waals surface area contributed by atoms with Crippen molar-refractivity contribution in [2.45, 2.75) is 70.0 Å². The first-order valence-corrected chi connectivity index (χ1v) is 11.2. The van der Waals surface area contributed by atoms with Crippen LogP contribution in [0.25, 0.3) is 0 Å².